The van der Waals surface area contributed by atoms with Gasteiger partial charge < -0.3 is 15.8 Å². The number of carbonyl (C=O) groups excluding carboxylic acids is 1. The molecule has 3 N–H and O–H groups in total. The molecular formula is C19H30ClN3O4S. The van der Waals surface area contributed by atoms with Gasteiger partial charge in [-0.3, -0.25) is 4.79 Å². The lowest BCUT2D eigenvalue weighted by Crippen LogP contribution is -2.46. The Kier molecular flexibility index (Phi) is 8.70. The van der Waals surface area contributed by atoms with Gasteiger partial charge in [0.2, 0.25) is 15.9 Å². The van der Waals surface area contributed by atoms with Gasteiger partial charge in [-0.25, -0.2) is 8.42 Å². The van der Waals surface area contributed by atoms with Crippen molar-refractivity contribution in [1.82, 2.24) is 9.62 Å². The summed E-state index contributed by atoms with van der Waals surface area (Å²) in [4.78, 5) is 12.6. The molecule has 0 bridgehead atoms. The molecule has 1 aromatic carbocycles. The Morgan fingerprint density at radius 2 is 1.75 bits per heavy atom. The van der Waals surface area contributed by atoms with Crippen molar-refractivity contribution in [1.29, 1.82) is 0 Å². The lowest BCUT2D eigenvalue weighted by molar-refractivity contribution is -0.124. The van der Waals surface area contributed by atoms with Gasteiger partial charge in [0.15, 0.2) is 0 Å². The summed E-state index contributed by atoms with van der Waals surface area (Å²) in [5.41, 5.74) is 6.91. The van der Waals surface area contributed by atoms with Crippen molar-refractivity contribution < 1.29 is 17.9 Å². The molecule has 2 aliphatic heterocycles. The summed E-state index contributed by atoms with van der Waals surface area (Å²) in [6, 6.07) is 6.19. The Bertz CT molecular complexity index is 730. The van der Waals surface area contributed by atoms with Crippen LogP contribution in [-0.4, -0.2) is 51.0 Å². The number of rotatable bonds is 6. The minimum Gasteiger partial charge on any atom is -0.381 e. The monoisotopic (exact) mass is 431 g/mol. The normalized spacial score (nSPS) is 20.2. The second kappa shape index (κ2) is 10.5. The number of hydrogen-bond acceptors (Lipinski definition) is 5. The highest BCUT2D eigenvalue weighted by Crippen LogP contribution is 2.21. The standard InChI is InChI=1S/C19H29N3O4S.ClH/c20-18(16-8-12-26-13-9-16)19(23)21-14-15-4-6-17(7-5-15)27(24,25)22-10-2-1-3-11-22;/h4-7,16,18H,1-3,8-14,20H2,(H,21,23);1H. The van der Waals surface area contributed by atoms with Crippen molar-refractivity contribution in [2.75, 3.05) is 26.3 Å². The number of nitrogens with two attached hydrogens (primary N) is 1. The number of sulfonamides is 1. The molecule has 0 aromatic heterocycles. The van der Waals surface area contributed by atoms with E-state index < -0.39 is 16.1 Å². The van der Waals surface area contributed by atoms with E-state index in [1.807, 2.05) is 0 Å². The van der Waals surface area contributed by atoms with E-state index >= 15 is 0 Å². The Hall–Kier alpha value is -1.19. The molecule has 0 saturated carbocycles. The molecule has 2 saturated heterocycles. The number of nitrogens with zero attached hydrogens (tertiary/aromatic N) is 1. The number of hydrogen-bond donors (Lipinski definition) is 2. The molecule has 7 nitrogen and oxygen atoms in total. The number of ether oxygens (including phenoxy) is 1. The van der Waals surface area contributed by atoms with Gasteiger partial charge in [-0.05, 0) is 49.3 Å². The molecule has 1 amide bonds. The third-order valence-corrected chi connectivity index (χ3v) is 7.33. The van der Waals surface area contributed by atoms with E-state index in [2.05, 4.69) is 5.32 Å². The van der Waals surface area contributed by atoms with Gasteiger partial charge in [0.05, 0.1) is 10.9 Å². The molecule has 2 heterocycles. The maximum absolute atomic E-state index is 12.7. The topological polar surface area (TPSA) is 102 Å². The Morgan fingerprint density at radius 1 is 1.14 bits per heavy atom. The van der Waals surface area contributed by atoms with Crippen LogP contribution in [0.4, 0.5) is 0 Å². The lowest BCUT2D eigenvalue weighted by atomic mass is 9.92. The highest BCUT2D eigenvalue weighted by Gasteiger charge is 2.27. The zero-order valence-electron chi connectivity index (χ0n) is 16.0. The zero-order valence-corrected chi connectivity index (χ0v) is 17.6. The second-order valence-corrected chi connectivity index (χ2v) is 9.24. The number of nitrogens with one attached hydrogen (secondary N) is 1. The highest BCUT2D eigenvalue weighted by atomic mass is 35.5. The van der Waals surface area contributed by atoms with Crippen molar-refractivity contribution in [3.8, 4) is 0 Å². The molecule has 3 rings (SSSR count). The highest BCUT2D eigenvalue weighted by molar-refractivity contribution is 7.89. The van der Waals surface area contributed by atoms with Gasteiger partial charge in [-0.15, -0.1) is 12.4 Å². The van der Waals surface area contributed by atoms with E-state index in [4.69, 9.17) is 10.5 Å². The first-order chi connectivity index (χ1) is 13.0. The number of piperidine rings is 1. The minimum atomic E-state index is -3.42. The molecule has 1 atom stereocenters. The van der Waals surface area contributed by atoms with Crippen molar-refractivity contribution in [3.63, 3.8) is 0 Å². The molecule has 0 spiro atoms. The van der Waals surface area contributed by atoms with Crippen LogP contribution < -0.4 is 11.1 Å². The predicted molar refractivity (Wildman–Crippen MR) is 110 cm³/mol. The summed E-state index contributed by atoms with van der Waals surface area (Å²) >= 11 is 0. The predicted octanol–water partition coefficient (Wildman–Crippen LogP) is 1.65. The summed E-state index contributed by atoms with van der Waals surface area (Å²) in [6.45, 7) is 2.81. The van der Waals surface area contributed by atoms with Crippen molar-refractivity contribution in [3.05, 3.63) is 29.8 Å². The molecule has 1 aromatic rings. The lowest BCUT2D eigenvalue weighted by Gasteiger charge is -2.27. The molecule has 2 aliphatic rings. The number of benzene rings is 1. The van der Waals surface area contributed by atoms with E-state index in [1.54, 1.807) is 28.6 Å². The summed E-state index contributed by atoms with van der Waals surface area (Å²) in [7, 11) is -3.42. The SMILES string of the molecule is Cl.NC(C(=O)NCc1ccc(S(=O)(=O)N2CCCCC2)cc1)C1CCOCC1. The third kappa shape index (κ3) is 5.67. The van der Waals surface area contributed by atoms with Crippen molar-refractivity contribution in [2.45, 2.75) is 49.6 Å². The van der Waals surface area contributed by atoms with Crippen LogP contribution in [0.2, 0.25) is 0 Å². The summed E-state index contributed by atoms with van der Waals surface area (Å²) in [5, 5.41) is 2.85. The quantitative estimate of drug-likeness (QED) is 0.713. The number of amides is 1. The first kappa shape index (κ1) is 23.1. The van der Waals surface area contributed by atoms with E-state index in [0.29, 0.717) is 37.7 Å². The molecule has 28 heavy (non-hydrogen) atoms. The Balaban J connectivity index is 0.00000280. The van der Waals surface area contributed by atoms with Crippen LogP contribution in [-0.2, 0) is 26.1 Å². The van der Waals surface area contributed by atoms with Crippen LogP contribution in [0.3, 0.4) is 0 Å². The Labute approximate surface area is 173 Å². The molecule has 9 heteroatoms. The van der Waals surface area contributed by atoms with Gasteiger partial charge in [-0.1, -0.05) is 18.6 Å². The average molecular weight is 432 g/mol. The third-order valence-electron chi connectivity index (χ3n) is 5.42. The molecule has 0 aliphatic carbocycles. The van der Waals surface area contributed by atoms with Gasteiger partial charge in [0.1, 0.15) is 0 Å². The summed E-state index contributed by atoms with van der Waals surface area (Å²) < 4.78 is 32.2. The average Bonchev–Trinajstić information content (AvgIpc) is 2.73. The van der Waals surface area contributed by atoms with Gasteiger partial charge >= 0.3 is 0 Å². The fraction of sp³-hybridized carbons (Fsp3) is 0.632. The maximum Gasteiger partial charge on any atom is 0.243 e. The number of halogens is 1. The largest absolute Gasteiger partial charge is 0.381 e. The van der Waals surface area contributed by atoms with Crippen LogP contribution in [0, 0.1) is 5.92 Å². The first-order valence-electron chi connectivity index (χ1n) is 9.68. The zero-order chi connectivity index (χ0) is 19.3. The number of carbonyl (C=O) groups is 1. The summed E-state index contributed by atoms with van der Waals surface area (Å²) in [6.07, 6.45) is 4.52. The fourth-order valence-corrected chi connectivity index (χ4v) is 5.15. The first-order valence-corrected chi connectivity index (χ1v) is 11.1. The van der Waals surface area contributed by atoms with E-state index in [-0.39, 0.29) is 24.2 Å². The molecule has 0 radical (unpaired) electrons. The molecule has 2 fully saturated rings. The van der Waals surface area contributed by atoms with Crippen LogP contribution >= 0.6 is 12.4 Å². The Morgan fingerprint density at radius 3 is 2.36 bits per heavy atom. The van der Waals surface area contributed by atoms with Crippen molar-refractivity contribution >= 4 is 28.3 Å². The minimum absolute atomic E-state index is 0. The molecule has 158 valence electrons. The van der Waals surface area contributed by atoms with Crippen LogP contribution in [0.1, 0.15) is 37.7 Å². The van der Waals surface area contributed by atoms with Gasteiger partial charge in [0.25, 0.3) is 0 Å². The molecule has 1 unspecified atom stereocenters. The smallest absolute Gasteiger partial charge is 0.243 e. The van der Waals surface area contributed by atoms with Crippen LogP contribution in [0.25, 0.3) is 0 Å². The van der Waals surface area contributed by atoms with E-state index in [1.165, 1.54) is 0 Å². The van der Waals surface area contributed by atoms with Gasteiger partial charge in [0, 0.05) is 32.8 Å². The van der Waals surface area contributed by atoms with Crippen LogP contribution in [0.15, 0.2) is 29.2 Å². The van der Waals surface area contributed by atoms with Gasteiger partial charge in [-0.2, -0.15) is 4.31 Å². The molecular weight excluding hydrogens is 402 g/mol. The second-order valence-electron chi connectivity index (χ2n) is 7.30. The van der Waals surface area contributed by atoms with Crippen LogP contribution in [0.5, 0.6) is 0 Å². The van der Waals surface area contributed by atoms with Crippen molar-refractivity contribution in [2.24, 2.45) is 11.7 Å². The maximum atomic E-state index is 12.7. The van der Waals surface area contributed by atoms with E-state index in [0.717, 1.165) is 37.7 Å². The summed E-state index contributed by atoms with van der Waals surface area (Å²) in [5.74, 6) is -0.0253. The van der Waals surface area contributed by atoms with E-state index in [9.17, 15) is 13.2 Å². The fourth-order valence-electron chi connectivity index (χ4n) is 3.63.